The summed E-state index contributed by atoms with van der Waals surface area (Å²) in [5.74, 6) is 0. The van der Waals surface area contributed by atoms with Gasteiger partial charge in [0.2, 0.25) is 0 Å². The molecular weight excluding hydrogens is 234 g/mol. The van der Waals surface area contributed by atoms with Gasteiger partial charge in [-0.1, -0.05) is 19.4 Å². The van der Waals surface area contributed by atoms with Crippen LogP contribution in [-0.2, 0) is 12.8 Å². The minimum absolute atomic E-state index is 0.174. The number of hydrogen-bond donors (Lipinski definition) is 1. The van der Waals surface area contributed by atoms with Gasteiger partial charge in [0.1, 0.15) is 5.58 Å². The summed E-state index contributed by atoms with van der Waals surface area (Å²) in [6, 6.07) is 6.56. The fraction of sp³-hybridized carbons (Fsp3) is 0.529. The summed E-state index contributed by atoms with van der Waals surface area (Å²) in [6.45, 7) is 9.78. The molecule has 0 aliphatic rings. The van der Waals surface area contributed by atoms with Gasteiger partial charge in [-0.15, -0.1) is 0 Å². The molecule has 2 rings (SSSR count). The standard InChI is InChI=1S/C17H25NO/c1-5-6-13-7-8-16-15(11-13)14(12-19-16)9-10-18-17(2,3)4/h7-8,11-12,18H,5-6,9-10H2,1-4H3. The zero-order chi connectivity index (χ0) is 13.9. The Morgan fingerprint density at radius 3 is 2.63 bits per heavy atom. The van der Waals surface area contributed by atoms with E-state index in [-0.39, 0.29) is 5.54 Å². The first-order chi connectivity index (χ1) is 8.99. The van der Waals surface area contributed by atoms with Crippen LogP contribution in [-0.4, -0.2) is 12.1 Å². The van der Waals surface area contributed by atoms with Gasteiger partial charge in [-0.2, -0.15) is 0 Å². The van der Waals surface area contributed by atoms with Crippen molar-refractivity contribution < 1.29 is 4.42 Å². The predicted molar refractivity (Wildman–Crippen MR) is 81.7 cm³/mol. The van der Waals surface area contributed by atoms with Gasteiger partial charge in [-0.05, 0) is 63.4 Å². The number of aryl methyl sites for hydroxylation is 1. The van der Waals surface area contributed by atoms with Crippen LogP contribution in [0.1, 0.15) is 45.2 Å². The summed E-state index contributed by atoms with van der Waals surface area (Å²) in [7, 11) is 0. The molecule has 0 bridgehead atoms. The lowest BCUT2D eigenvalue weighted by Gasteiger charge is -2.20. The van der Waals surface area contributed by atoms with Crippen molar-refractivity contribution >= 4 is 11.0 Å². The molecule has 0 saturated heterocycles. The van der Waals surface area contributed by atoms with Crippen molar-refractivity contribution in [3.8, 4) is 0 Å². The van der Waals surface area contributed by atoms with Crippen molar-refractivity contribution in [3.05, 3.63) is 35.6 Å². The first-order valence-corrected chi connectivity index (χ1v) is 7.23. The number of nitrogens with one attached hydrogen (secondary N) is 1. The zero-order valence-electron chi connectivity index (χ0n) is 12.5. The molecule has 1 aromatic heterocycles. The average molecular weight is 259 g/mol. The van der Waals surface area contributed by atoms with E-state index in [1.807, 2.05) is 6.26 Å². The molecule has 0 aliphatic carbocycles. The van der Waals surface area contributed by atoms with Crippen molar-refractivity contribution in [1.82, 2.24) is 5.32 Å². The van der Waals surface area contributed by atoms with Crippen molar-refractivity contribution in [2.45, 2.75) is 52.5 Å². The van der Waals surface area contributed by atoms with Crippen molar-refractivity contribution in [2.24, 2.45) is 0 Å². The molecule has 2 nitrogen and oxygen atoms in total. The van der Waals surface area contributed by atoms with Crippen molar-refractivity contribution in [2.75, 3.05) is 6.54 Å². The molecule has 1 aromatic carbocycles. The lowest BCUT2D eigenvalue weighted by Crippen LogP contribution is -2.37. The molecule has 1 heterocycles. The molecular formula is C17H25NO. The molecule has 0 amide bonds. The van der Waals surface area contributed by atoms with Crippen LogP contribution in [0.15, 0.2) is 28.9 Å². The first kappa shape index (κ1) is 14.1. The Kier molecular flexibility index (Phi) is 4.31. The lowest BCUT2D eigenvalue weighted by molar-refractivity contribution is 0.429. The monoisotopic (exact) mass is 259 g/mol. The number of hydrogen-bond acceptors (Lipinski definition) is 2. The summed E-state index contributed by atoms with van der Waals surface area (Å²) < 4.78 is 5.64. The Labute approximate surface area is 116 Å². The highest BCUT2D eigenvalue weighted by Crippen LogP contribution is 2.23. The van der Waals surface area contributed by atoms with Crippen molar-refractivity contribution in [3.63, 3.8) is 0 Å². The van der Waals surface area contributed by atoms with Crippen LogP contribution in [0.25, 0.3) is 11.0 Å². The third-order valence-electron chi connectivity index (χ3n) is 3.31. The van der Waals surface area contributed by atoms with E-state index in [0.29, 0.717) is 0 Å². The van der Waals surface area contributed by atoms with Gasteiger partial charge in [-0.25, -0.2) is 0 Å². The lowest BCUT2D eigenvalue weighted by atomic mass is 10.0. The Hall–Kier alpha value is -1.28. The normalized spacial score (nSPS) is 12.2. The van der Waals surface area contributed by atoms with Crippen LogP contribution >= 0.6 is 0 Å². The number of fused-ring (bicyclic) bond motifs is 1. The van der Waals surface area contributed by atoms with E-state index >= 15 is 0 Å². The Morgan fingerprint density at radius 1 is 1.16 bits per heavy atom. The predicted octanol–water partition coefficient (Wildman–Crippen LogP) is 4.32. The fourth-order valence-electron chi connectivity index (χ4n) is 2.34. The maximum Gasteiger partial charge on any atom is 0.134 e. The summed E-state index contributed by atoms with van der Waals surface area (Å²) >= 11 is 0. The molecule has 0 fully saturated rings. The highest BCUT2D eigenvalue weighted by atomic mass is 16.3. The van der Waals surface area contributed by atoms with Gasteiger partial charge in [0.05, 0.1) is 6.26 Å². The van der Waals surface area contributed by atoms with Gasteiger partial charge >= 0.3 is 0 Å². The number of rotatable bonds is 5. The first-order valence-electron chi connectivity index (χ1n) is 7.23. The minimum Gasteiger partial charge on any atom is -0.464 e. The topological polar surface area (TPSA) is 25.2 Å². The Morgan fingerprint density at radius 2 is 1.95 bits per heavy atom. The van der Waals surface area contributed by atoms with E-state index in [1.165, 1.54) is 22.9 Å². The van der Waals surface area contributed by atoms with Crippen molar-refractivity contribution in [1.29, 1.82) is 0 Å². The summed E-state index contributed by atoms with van der Waals surface area (Å²) in [5, 5.41) is 4.80. The van der Waals surface area contributed by atoms with Crippen LogP contribution < -0.4 is 5.32 Å². The summed E-state index contributed by atoms with van der Waals surface area (Å²) in [5.41, 5.74) is 3.89. The minimum atomic E-state index is 0.174. The van der Waals surface area contributed by atoms with Crippen LogP contribution in [0.4, 0.5) is 0 Å². The molecule has 0 radical (unpaired) electrons. The van der Waals surface area contributed by atoms with Crippen LogP contribution in [0, 0.1) is 0 Å². The van der Waals surface area contributed by atoms with Gasteiger partial charge in [0.25, 0.3) is 0 Å². The molecule has 0 spiro atoms. The molecule has 0 aliphatic heterocycles. The van der Waals surface area contributed by atoms with E-state index in [0.717, 1.165) is 25.0 Å². The number of benzene rings is 1. The molecule has 19 heavy (non-hydrogen) atoms. The van der Waals surface area contributed by atoms with E-state index in [2.05, 4.69) is 51.2 Å². The van der Waals surface area contributed by atoms with E-state index in [1.54, 1.807) is 0 Å². The van der Waals surface area contributed by atoms with Gasteiger partial charge in [-0.3, -0.25) is 0 Å². The smallest absolute Gasteiger partial charge is 0.134 e. The van der Waals surface area contributed by atoms with Crippen LogP contribution in [0.3, 0.4) is 0 Å². The fourth-order valence-corrected chi connectivity index (χ4v) is 2.34. The largest absolute Gasteiger partial charge is 0.464 e. The third-order valence-corrected chi connectivity index (χ3v) is 3.31. The Balaban J connectivity index is 2.12. The van der Waals surface area contributed by atoms with Crippen LogP contribution in [0.5, 0.6) is 0 Å². The van der Waals surface area contributed by atoms with E-state index in [4.69, 9.17) is 4.42 Å². The molecule has 2 heteroatoms. The van der Waals surface area contributed by atoms with E-state index in [9.17, 15) is 0 Å². The molecule has 1 N–H and O–H groups in total. The van der Waals surface area contributed by atoms with E-state index < -0.39 is 0 Å². The molecule has 0 saturated carbocycles. The number of furan rings is 1. The van der Waals surface area contributed by atoms with Gasteiger partial charge < -0.3 is 9.73 Å². The summed E-state index contributed by atoms with van der Waals surface area (Å²) in [4.78, 5) is 0. The average Bonchev–Trinajstić information content (AvgIpc) is 2.71. The second-order valence-electron chi connectivity index (χ2n) is 6.27. The third kappa shape index (κ3) is 3.84. The molecule has 104 valence electrons. The van der Waals surface area contributed by atoms with Gasteiger partial charge in [0, 0.05) is 10.9 Å². The molecule has 0 atom stereocenters. The van der Waals surface area contributed by atoms with Gasteiger partial charge in [0.15, 0.2) is 0 Å². The maximum absolute atomic E-state index is 5.64. The second-order valence-corrected chi connectivity index (χ2v) is 6.27. The summed E-state index contributed by atoms with van der Waals surface area (Å²) in [6.07, 6.45) is 5.25. The Bertz CT molecular complexity index is 534. The second kappa shape index (κ2) is 5.79. The molecule has 0 unspecified atom stereocenters. The zero-order valence-corrected chi connectivity index (χ0v) is 12.5. The SMILES string of the molecule is CCCc1ccc2occ(CCNC(C)(C)C)c2c1. The molecule has 2 aromatic rings. The quantitative estimate of drug-likeness (QED) is 0.865. The van der Waals surface area contributed by atoms with Crippen LogP contribution in [0.2, 0.25) is 0 Å². The highest BCUT2D eigenvalue weighted by Gasteiger charge is 2.10. The highest BCUT2D eigenvalue weighted by molar-refractivity contribution is 5.81. The maximum atomic E-state index is 5.64.